The van der Waals surface area contributed by atoms with Crippen molar-refractivity contribution in [2.45, 2.75) is 31.5 Å². The number of likely N-dealkylation sites (tertiary alicyclic amines) is 1. The lowest BCUT2D eigenvalue weighted by atomic mass is 10.00. The fourth-order valence-corrected chi connectivity index (χ4v) is 4.42. The number of hydrogen-bond acceptors (Lipinski definition) is 6. The van der Waals surface area contributed by atoms with Gasteiger partial charge in [0, 0.05) is 25.7 Å². The molecular formula is C28H32N2O5. The zero-order chi connectivity index (χ0) is 24.5. The van der Waals surface area contributed by atoms with Crippen LogP contribution < -0.4 is 9.47 Å². The summed E-state index contributed by atoms with van der Waals surface area (Å²) in [6.07, 6.45) is 2.81. The zero-order valence-electron chi connectivity index (χ0n) is 20.0. The molecule has 184 valence electrons. The van der Waals surface area contributed by atoms with Gasteiger partial charge in [0.2, 0.25) is 0 Å². The van der Waals surface area contributed by atoms with Crippen LogP contribution in [-0.2, 0) is 4.74 Å². The van der Waals surface area contributed by atoms with Crippen molar-refractivity contribution >= 4 is 5.69 Å². The second-order valence-electron chi connectivity index (χ2n) is 8.67. The van der Waals surface area contributed by atoms with E-state index >= 15 is 0 Å². The predicted molar refractivity (Wildman–Crippen MR) is 135 cm³/mol. The van der Waals surface area contributed by atoms with Crippen LogP contribution in [0.2, 0.25) is 0 Å². The molecule has 0 bridgehead atoms. The molecule has 3 aromatic rings. The van der Waals surface area contributed by atoms with Crippen molar-refractivity contribution in [3.63, 3.8) is 0 Å². The first-order chi connectivity index (χ1) is 17.1. The lowest BCUT2D eigenvalue weighted by molar-refractivity contribution is -0.385. The van der Waals surface area contributed by atoms with Crippen LogP contribution in [0.15, 0.2) is 78.9 Å². The van der Waals surface area contributed by atoms with Crippen molar-refractivity contribution in [1.29, 1.82) is 0 Å². The van der Waals surface area contributed by atoms with Gasteiger partial charge in [-0.05, 0) is 48.6 Å². The number of nitro benzene ring substituents is 1. The summed E-state index contributed by atoms with van der Waals surface area (Å²) >= 11 is 0. The molecule has 1 atom stereocenters. The largest absolute Gasteiger partial charge is 0.497 e. The average Bonchev–Trinajstić information content (AvgIpc) is 2.91. The maximum atomic E-state index is 11.1. The topological polar surface area (TPSA) is 74.1 Å². The summed E-state index contributed by atoms with van der Waals surface area (Å²) in [7, 11) is 1.67. The third kappa shape index (κ3) is 6.81. The maximum absolute atomic E-state index is 11.1. The van der Waals surface area contributed by atoms with Gasteiger partial charge in [0.25, 0.3) is 0 Å². The van der Waals surface area contributed by atoms with Gasteiger partial charge < -0.3 is 19.1 Å². The highest BCUT2D eigenvalue weighted by atomic mass is 16.6. The van der Waals surface area contributed by atoms with E-state index in [1.54, 1.807) is 25.3 Å². The Morgan fingerprint density at radius 3 is 2.29 bits per heavy atom. The zero-order valence-corrected chi connectivity index (χ0v) is 20.0. The van der Waals surface area contributed by atoms with Crippen molar-refractivity contribution < 1.29 is 19.1 Å². The molecular weight excluding hydrogens is 444 g/mol. The van der Waals surface area contributed by atoms with Crippen LogP contribution in [0.4, 0.5) is 5.69 Å². The molecule has 1 heterocycles. The first-order valence-electron chi connectivity index (χ1n) is 12.1. The van der Waals surface area contributed by atoms with E-state index in [0.717, 1.165) is 55.8 Å². The van der Waals surface area contributed by atoms with E-state index in [2.05, 4.69) is 29.2 Å². The first kappa shape index (κ1) is 24.7. The van der Waals surface area contributed by atoms with Gasteiger partial charge >= 0.3 is 5.69 Å². The Labute approximate surface area is 206 Å². The van der Waals surface area contributed by atoms with E-state index in [-0.39, 0.29) is 17.9 Å². The Morgan fingerprint density at radius 1 is 0.943 bits per heavy atom. The second-order valence-corrected chi connectivity index (χ2v) is 8.67. The summed E-state index contributed by atoms with van der Waals surface area (Å²) in [5.41, 5.74) is 2.27. The van der Waals surface area contributed by atoms with Crippen molar-refractivity contribution in [2.75, 3.05) is 33.4 Å². The van der Waals surface area contributed by atoms with Gasteiger partial charge in [-0.25, -0.2) is 0 Å². The molecule has 0 aromatic heterocycles. The SMILES string of the molecule is COc1ccc(C(OC2CCN(CCCOc3ccccc3[N+](=O)[O-])CC2)c2ccccc2)cc1. The van der Waals surface area contributed by atoms with Crippen LogP contribution in [0.1, 0.15) is 36.5 Å². The highest BCUT2D eigenvalue weighted by molar-refractivity contribution is 5.45. The van der Waals surface area contributed by atoms with Gasteiger partial charge in [-0.3, -0.25) is 10.1 Å². The van der Waals surface area contributed by atoms with E-state index in [4.69, 9.17) is 14.2 Å². The number of para-hydroxylation sites is 2. The quantitative estimate of drug-likeness (QED) is 0.202. The van der Waals surface area contributed by atoms with Crippen LogP contribution in [0.25, 0.3) is 0 Å². The molecule has 7 heteroatoms. The molecule has 1 saturated heterocycles. The number of ether oxygens (including phenoxy) is 3. The molecule has 7 nitrogen and oxygen atoms in total. The highest BCUT2D eigenvalue weighted by Crippen LogP contribution is 2.31. The van der Waals surface area contributed by atoms with E-state index in [1.807, 2.05) is 30.3 Å². The van der Waals surface area contributed by atoms with Crippen LogP contribution >= 0.6 is 0 Å². The van der Waals surface area contributed by atoms with E-state index in [0.29, 0.717) is 12.4 Å². The minimum absolute atomic E-state index is 0.00953. The number of nitro groups is 1. The molecule has 3 aromatic carbocycles. The normalized spacial score (nSPS) is 15.5. The van der Waals surface area contributed by atoms with Crippen molar-refractivity contribution in [1.82, 2.24) is 4.90 Å². The standard InChI is InChI=1S/C28H32N2O5/c1-33-24-14-12-23(13-15-24)28(22-8-3-2-4-9-22)35-25-16-19-29(20-17-25)18-7-21-34-27-11-6-5-10-26(27)30(31)32/h2-6,8-15,25,28H,7,16-21H2,1H3. The van der Waals surface area contributed by atoms with Crippen LogP contribution in [0.5, 0.6) is 11.5 Å². The lowest BCUT2D eigenvalue weighted by Crippen LogP contribution is -2.38. The Hall–Kier alpha value is -3.42. The van der Waals surface area contributed by atoms with E-state index in [9.17, 15) is 10.1 Å². The minimum atomic E-state index is -0.408. The average molecular weight is 477 g/mol. The first-order valence-corrected chi connectivity index (χ1v) is 12.1. The fourth-order valence-electron chi connectivity index (χ4n) is 4.42. The van der Waals surface area contributed by atoms with Gasteiger partial charge in [0.1, 0.15) is 11.9 Å². The summed E-state index contributed by atoms with van der Waals surface area (Å²) in [5, 5.41) is 11.1. The number of rotatable bonds is 11. The summed E-state index contributed by atoms with van der Waals surface area (Å²) in [4.78, 5) is 13.1. The Balaban J connectivity index is 1.27. The van der Waals surface area contributed by atoms with Crippen LogP contribution in [-0.4, -0.2) is 49.3 Å². The van der Waals surface area contributed by atoms with Gasteiger partial charge in [-0.2, -0.15) is 0 Å². The molecule has 0 spiro atoms. The number of methoxy groups -OCH3 is 1. The highest BCUT2D eigenvalue weighted by Gasteiger charge is 2.25. The van der Waals surface area contributed by atoms with Crippen molar-refractivity contribution in [3.8, 4) is 11.5 Å². The molecule has 0 radical (unpaired) electrons. The van der Waals surface area contributed by atoms with Crippen LogP contribution in [0, 0.1) is 10.1 Å². The van der Waals surface area contributed by atoms with Gasteiger partial charge in [-0.15, -0.1) is 0 Å². The minimum Gasteiger partial charge on any atom is -0.497 e. The molecule has 0 N–H and O–H groups in total. The lowest BCUT2D eigenvalue weighted by Gasteiger charge is -2.34. The predicted octanol–water partition coefficient (Wildman–Crippen LogP) is 5.64. The van der Waals surface area contributed by atoms with Gasteiger partial charge in [0.05, 0.1) is 24.7 Å². The van der Waals surface area contributed by atoms with Crippen molar-refractivity contribution in [2.24, 2.45) is 0 Å². The monoisotopic (exact) mass is 476 g/mol. The molecule has 1 aliphatic rings. The third-order valence-corrected chi connectivity index (χ3v) is 6.32. The number of nitrogens with zero attached hydrogens (tertiary/aromatic N) is 2. The molecule has 35 heavy (non-hydrogen) atoms. The molecule has 1 unspecified atom stereocenters. The molecule has 0 aliphatic carbocycles. The molecule has 4 rings (SSSR count). The molecule has 0 amide bonds. The Kier molecular flexibility index (Phi) is 8.70. The Morgan fingerprint density at radius 2 is 1.60 bits per heavy atom. The number of benzene rings is 3. The van der Waals surface area contributed by atoms with E-state index < -0.39 is 4.92 Å². The Bertz CT molecular complexity index is 1070. The van der Waals surface area contributed by atoms with Gasteiger partial charge in [-0.1, -0.05) is 54.6 Å². The number of piperidine rings is 1. The third-order valence-electron chi connectivity index (χ3n) is 6.32. The number of hydrogen-bond donors (Lipinski definition) is 0. The van der Waals surface area contributed by atoms with Gasteiger partial charge in [0.15, 0.2) is 5.75 Å². The second kappa shape index (κ2) is 12.3. The summed E-state index contributed by atoms with van der Waals surface area (Å²) in [5.74, 6) is 1.16. The fraction of sp³-hybridized carbons (Fsp3) is 0.357. The van der Waals surface area contributed by atoms with Crippen molar-refractivity contribution in [3.05, 3.63) is 100 Å². The maximum Gasteiger partial charge on any atom is 0.310 e. The summed E-state index contributed by atoms with van der Waals surface area (Å²) in [6.45, 7) is 3.27. The molecule has 1 fully saturated rings. The molecule has 0 saturated carbocycles. The summed E-state index contributed by atoms with van der Waals surface area (Å²) in [6, 6.07) is 24.9. The smallest absolute Gasteiger partial charge is 0.310 e. The summed E-state index contributed by atoms with van der Waals surface area (Å²) < 4.78 is 17.6. The van der Waals surface area contributed by atoms with Crippen LogP contribution in [0.3, 0.4) is 0 Å². The van der Waals surface area contributed by atoms with E-state index in [1.165, 1.54) is 6.07 Å². The molecule has 1 aliphatic heterocycles.